The van der Waals surface area contributed by atoms with E-state index in [9.17, 15) is 4.79 Å². The molecule has 0 unspecified atom stereocenters. The molecule has 3 nitrogen and oxygen atoms in total. The highest BCUT2D eigenvalue weighted by Gasteiger charge is 2.26. The van der Waals surface area contributed by atoms with Crippen LogP contribution in [0.5, 0.6) is 0 Å². The second-order valence-corrected chi connectivity index (χ2v) is 7.15. The minimum absolute atomic E-state index is 0.196. The molecule has 0 aliphatic carbocycles. The van der Waals surface area contributed by atoms with Gasteiger partial charge in [0.15, 0.2) is 0 Å². The minimum atomic E-state index is -0.435. The number of hydrogen-bond donors (Lipinski definition) is 0. The maximum absolute atomic E-state index is 12.3. The maximum atomic E-state index is 12.3. The van der Waals surface area contributed by atoms with Crippen LogP contribution >= 0.6 is 0 Å². The molecule has 0 saturated carbocycles. The lowest BCUT2D eigenvalue weighted by atomic mass is 9.90. The Morgan fingerprint density at radius 3 is 2.59 bits per heavy atom. The third-order valence-corrected chi connectivity index (χ3v) is 4.07. The summed E-state index contributed by atoms with van der Waals surface area (Å²) in [7, 11) is 0. The molecule has 0 radical (unpaired) electrons. The van der Waals surface area contributed by atoms with Gasteiger partial charge in [-0.1, -0.05) is 32.4 Å². The number of rotatable bonds is 3. The van der Waals surface area contributed by atoms with E-state index in [2.05, 4.69) is 26.0 Å². The monoisotopic (exact) mass is 303 g/mol. The molecule has 1 amide bonds. The quantitative estimate of drug-likeness (QED) is 0.823. The van der Waals surface area contributed by atoms with Gasteiger partial charge < -0.3 is 9.64 Å². The Hall–Kier alpha value is -1.51. The Bertz CT molecular complexity index is 526. The van der Waals surface area contributed by atoms with Crippen LogP contribution in [-0.4, -0.2) is 23.1 Å². The summed E-state index contributed by atoms with van der Waals surface area (Å²) in [5, 5.41) is 0. The van der Waals surface area contributed by atoms with Crippen LogP contribution in [0.15, 0.2) is 12.1 Å². The van der Waals surface area contributed by atoms with Gasteiger partial charge in [0.25, 0.3) is 0 Å². The van der Waals surface area contributed by atoms with Gasteiger partial charge in [-0.2, -0.15) is 0 Å². The fraction of sp³-hybridized carbons (Fsp3) is 0.632. The van der Waals surface area contributed by atoms with Crippen LogP contribution in [-0.2, 0) is 30.5 Å². The highest BCUT2D eigenvalue weighted by Crippen LogP contribution is 2.26. The largest absolute Gasteiger partial charge is 0.444 e. The van der Waals surface area contributed by atoms with Gasteiger partial charge in [0.05, 0.1) is 0 Å². The molecule has 0 atom stereocenters. The third-order valence-electron chi connectivity index (χ3n) is 4.07. The number of fused-ring (bicyclic) bond motifs is 1. The molecule has 0 aromatic heterocycles. The molecule has 3 heteroatoms. The van der Waals surface area contributed by atoms with E-state index in [-0.39, 0.29) is 6.09 Å². The zero-order valence-corrected chi connectivity index (χ0v) is 14.7. The lowest BCUT2D eigenvalue weighted by Crippen LogP contribution is -2.40. The summed E-state index contributed by atoms with van der Waals surface area (Å²) < 4.78 is 5.52. The molecule has 0 N–H and O–H groups in total. The Morgan fingerprint density at radius 2 is 2.00 bits per heavy atom. The van der Waals surface area contributed by atoms with Crippen LogP contribution in [0, 0.1) is 0 Å². The number of carbonyl (C=O) groups excluding carboxylic acids is 1. The smallest absolute Gasteiger partial charge is 0.410 e. The lowest BCUT2D eigenvalue weighted by molar-refractivity contribution is 0.0223. The lowest BCUT2D eigenvalue weighted by Gasteiger charge is -2.32. The van der Waals surface area contributed by atoms with Crippen molar-refractivity contribution in [1.29, 1.82) is 0 Å². The Balaban J connectivity index is 2.21. The number of carbonyl (C=O) groups is 1. The SMILES string of the molecule is CCCc1cc(CC)c2c(c1)CCN(C(=O)OC(C)(C)C)C2. The molecule has 1 aliphatic rings. The minimum Gasteiger partial charge on any atom is -0.444 e. The van der Waals surface area contributed by atoms with E-state index in [4.69, 9.17) is 4.74 Å². The van der Waals surface area contributed by atoms with Crippen LogP contribution in [0.1, 0.15) is 63.3 Å². The second kappa shape index (κ2) is 6.72. The van der Waals surface area contributed by atoms with Gasteiger partial charge in [0.2, 0.25) is 0 Å². The molecule has 1 aliphatic heterocycles. The highest BCUT2D eigenvalue weighted by atomic mass is 16.6. The van der Waals surface area contributed by atoms with Crippen molar-refractivity contribution in [2.75, 3.05) is 6.54 Å². The maximum Gasteiger partial charge on any atom is 0.410 e. The standard InChI is InChI=1S/C19H29NO2/c1-6-8-14-11-15(7-2)17-13-20(10-9-16(17)12-14)18(21)22-19(3,4)5/h11-12H,6-10,13H2,1-5H3. The predicted octanol–water partition coefficient (Wildman–Crippen LogP) is 4.49. The van der Waals surface area contributed by atoms with Gasteiger partial charge in [-0.3, -0.25) is 0 Å². The van der Waals surface area contributed by atoms with Crippen LogP contribution in [0.25, 0.3) is 0 Å². The summed E-state index contributed by atoms with van der Waals surface area (Å²) in [6.45, 7) is 11.6. The topological polar surface area (TPSA) is 29.5 Å². The van der Waals surface area contributed by atoms with Crippen molar-refractivity contribution in [3.63, 3.8) is 0 Å². The van der Waals surface area contributed by atoms with E-state index < -0.39 is 5.60 Å². The van der Waals surface area contributed by atoms with Crippen LogP contribution in [0.2, 0.25) is 0 Å². The first kappa shape index (κ1) is 16.9. The average Bonchev–Trinajstić information content (AvgIpc) is 2.44. The normalized spacial score (nSPS) is 14.7. The average molecular weight is 303 g/mol. The van der Waals surface area contributed by atoms with E-state index in [1.54, 1.807) is 0 Å². The van der Waals surface area contributed by atoms with Crippen molar-refractivity contribution in [2.45, 2.75) is 72.4 Å². The number of aryl methyl sites for hydroxylation is 2. The number of hydrogen-bond acceptors (Lipinski definition) is 2. The van der Waals surface area contributed by atoms with Crippen molar-refractivity contribution in [3.05, 3.63) is 34.4 Å². The van der Waals surface area contributed by atoms with Crippen molar-refractivity contribution >= 4 is 6.09 Å². The molecule has 0 fully saturated rings. The summed E-state index contributed by atoms with van der Waals surface area (Å²) >= 11 is 0. The van der Waals surface area contributed by atoms with Gasteiger partial charge in [-0.05, 0) is 62.3 Å². The Kier molecular flexibility index (Phi) is 5.15. The zero-order chi connectivity index (χ0) is 16.3. The summed E-state index contributed by atoms with van der Waals surface area (Å²) in [5.74, 6) is 0. The molecular formula is C19H29NO2. The van der Waals surface area contributed by atoms with E-state index in [0.29, 0.717) is 6.54 Å². The number of ether oxygens (including phenoxy) is 1. The van der Waals surface area contributed by atoms with E-state index >= 15 is 0 Å². The number of benzene rings is 1. The molecule has 1 aromatic rings. The molecule has 2 rings (SSSR count). The van der Waals surface area contributed by atoms with Gasteiger partial charge in [0, 0.05) is 13.1 Å². The predicted molar refractivity (Wildman–Crippen MR) is 90.2 cm³/mol. The summed E-state index contributed by atoms with van der Waals surface area (Å²) in [5.41, 5.74) is 5.13. The second-order valence-electron chi connectivity index (χ2n) is 7.15. The summed E-state index contributed by atoms with van der Waals surface area (Å²) in [4.78, 5) is 14.1. The van der Waals surface area contributed by atoms with Crippen LogP contribution < -0.4 is 0 Å². The molecule has 122 valence electrons. The zero-order valence-electron chi connectivity index (χ0n) is 14.7. The molecule has 1 aromatic carbocycles. The Morgan fingerprint density at radius 1 is 1.27 bits per heavy atom. The Labute approximate surface area is 134 Å². The van der Waals surface area contributed by atoms with Crippen molar-refractivity contribution < 1.29 is 9.53 Å². The van der Waals surface area contributed by atoms with E-state index in [1.165, 1.54) is 28.7 Å². The van der Waals surface area contributed by atoms with Crippen molar-refractivity contribution in [2.24, 2.45) is 0 Å². The highest BCUT2D eigenvalue weighted by molar-refractivity contribution is 5.69. The van der Waals surface area contributed by atoms with Gasteiger partial charge in [0.1, 0.15) is 5.60 Å². The van der Waals surface area contributed by atoms with E-state index in [0.717, 1.165) is 25.8 Å². The van der Waals surface area contributed by atoms with Gasteiger partial charge in [-0.25, -0.2) is 4.79 Å². The first-order valence-corrected chi connectivity index (χ1v) is 8.45. The van der Waals surface area contributed by atoms with Crippen molar-refractivity contribution in [1.82, 2.24) is 4.90 Å². The van der Waals surface area contributed by atoms with Gasteiger partial charge in [-0.15, -0.1) is 0 Å². The number of nitrogens with zero attached hydrogens (tertiary/aromatic N) is 1. The van der Waals surface area contributed by atoms with Crippen LogP contribution in [0.4, 0.5) is 4.79 Å². The molecule has 22 heavy (non-hydrogen) atoms. The molecule has 0 spiro atoms. The first-order valence-electron chi connectivity index (χ1n) is 8.45. The molecule has 0 saturated heterocycles. The van der Waals surface area contributed by atoms with E-state index in [1.807, 2.05) is 25.7 Å². The fourth-order valence-electron chi connectivity index (χ4n) is 3.05. The third kappa shape index (κ3) is 4.02. The molecule has 0 bridgehead atoms. The molecule has 1 heterocycles. The first-order chi connectivity index (χ1) is 10.3. The number of amides is 1. The fourth-order valence-corrected chi connectivity index (χ4v) is 3.05. The van der Waals surface area contributed by atoms with Crippen LogP contribution in [0.3, 0.4) is 0 Å². The van der Waals surface area contributed by atoms with Crippen molar-refractivity contribution in [3.8, 4) is 0 Å². The summed E-state index contributed by atoms with van der Waals surface area (Å²) in [6.07, 6.45) is 4.06. The summed E-state index contributed by atoms with van der Waals surface area (Å²) in [6, 6.07) is 4.66. The van der Waals surface area contributed by atoms with Gasteiger partial charge >= 0.3 is 6.09 Å². The molecular weight excluding hydrogens is 274 g/mol.